The second kappa shape index (κ2) is 6.00. The van der Waals surface area contributed by atoms with Gasteiger partial charge in [0.05, 0.1) is 0 Å². The van der Waals surface area contributed by atoms with Crippen molar-refractivity contribution < 1.29 is 36.0 Å². The van der Waals surface area contributed by atoms with E-state index < -0.39 is 19.5 Å². The first-order valence-corrected chi connectivity index (χ1v) is 4.52. The van der Waals surface area contributed by atoms with Crippen LogP contribution in [-0.4, -0.2) is 53.6 Å². The second-order valence-electron chi connectivity index (χ2n) is 0.937. The van der Waals surface area contributed by atoms with Crippen LogP contribution in [0.15, 0.2) is 0 Å². The van der Waals surface area contributed by atoms with Gasteiger partial charge in [0.2, 0.25) is 0 Å². The summed E-state index contributed by atoms with van der Waals surface area (Å²) in [7, 11) is -10.5. The zero-order chi connectivity index (χ0) is 9.00. The molecule has 0 heterocycles. The van der Waals surface area contributed by atoms with E-state index in [1.807, 2.05) is 0 Å². The maximum Gasteiger partial charge on any atom is 3.00 e. The molecule has 0 rings (SSSR count). The Labute approximate surface area is 73.4 Å². The van der Waals surface area contributed by atoms with Crippen LogP contribution in [0, 0.1) is 0 Å². The van der Waals surface area contributed by atoms with Crippen molar-refractivity contribution in [3.63, 3.8) is 0 Å². The van der Waals surface area contributed by atoms with Gasteiger partial charge in [-0.05, 0) is 0 Å². The molecule has 11 heavy (non-hydrogen) atoms. The Balaban J connectivity index is -0.000000107. The van der Waals surface area contributed by atoms with Crippen LogP contribution >= 0.6 is 0 Å². The fraction of sp³-hybridized carbons (Fsp3) is 0. The van der Waals surface area contributed by atoms with E-state index in [0.29, 0.717) is 0 Å². The van der Waals surface area contributed by atoms with Crippen LogP contribution < -0.4 is 4.80 Å². The van der Waals surface area contributed by atoms with Gasteiger partial charge in [0, 0.05) is 10.4 Å². The summed E-state index contributed by atoms with van der Waals surface area (Å²) in [5.41, 5.74) is 0. The van der Waals surface area contributed by atoms with E-state index in [0.717, 1.165) is 0 Å². The largest absolute Gasteiger partial charge is 3.00 e. The molecule has 0 aliphatic heterocycles. The van der Waals surface area contributed by atoms with Crippen LogP contribution in [0.5, 0.6) is 0 Å². The van der Waals surface area contributed by atoms with Crippen LogP contribution in [0.3, 0.4) is 0 Å². The molecule has 0 aromatic heterocycles. The molecule has 2 N–H and O–H groups in total. The molecule has 0 saturated carbocycles. The molecule has 0 unspecified atom stereocenters. The Morgan fingerprint density at radius 3 is 1.27 bits per heavy atom. The van der Waals surface area contributed by atoms with E-state index in [1.165, 1.54) is 0 Å². The molecule has 0 aromatic carbocycles. The van der Waals surface area contributed by atoms with Gasteiger partial charge in [-0.3, -0.25) is 12.5 Å². The van der Waals surface area contributed by atoms with Crippen molar-refractivity contribution in [3.05, 3.63) is 0 Å². The minimum Gasteiger partial charge on any atom is -0.790 e. The van der Waals surface area contributed by atoms with E-state index in [2.05, 4.69) is 0 Å². The molecule has 0 atom stereocenters. The van der Waals surface area contributed by atoms with Crippen molar-refractivity contribution in [2.75, 3.05) is 0 Å². The summed E-state index contributed by atoms with van der Waals surface area (Å²) in [4.78, 5) is 22.7. The summed E-state index contributed by atoms with van der Waals surface area (Å²) in [5.74, 6) is 0. The zero-order valence-corrected chi connectivity index (χ0v) is 7.77. The van der Waals surface area contributed by atoms with Gasteiger partial charge < -0.3 is 23.5 Å². The van der Waals surface area contributed by atoms with Crippen LogP contribution in [0.25, 0.3) is 0 Å². The molecule has 7 nitrogen and oxygen atoms in total. The molecule has 0 aliphatic rings. The number of hydrogen-bond donors (Lipinski definition) is 2. The molecular weight excluding hydrogens is 218 g/mol. The van der Waals surface area contributed by atoms with Gasteiger partial charge in [-0.1, -0.05) is 0 Å². The minimum atomic E-state index is -5.36. The Morgan fingerprint density at radius 2 is 1.27 bits per heavy atom. The predicted octanol–water partition coefficient (Wildman–Crippen LogP) is -3.98. The van der Waals surface area contributed by atoms with Gasteiger partial charge in [-0.25, -0.2) is 0 Å². The van der Waals surface area contributed by atoms with Crippen LogP contribution in [0.4, 0.5) is 4.11 Å². The third kappa shape index (κ3) is 4020. The molecule has 0 saturated heterocycles. The predicted molar refractivity (Wildman–Crippen MR) is 27.5 cm³/mol. The number of hydrogen-bond acceptors (Lipinski definition) is 7. The fourth-order valence-corrected chi connectivity index (χ4v) is 0. The smallest absolute Gasteiger partial charge is 0.790 e. The molecular formula is H2AlFO7SSi. The summed E-state index contributed by atoms with van der Waals surface area (Å²) >= 11 is 0. The Bertz CT molecular complexity index is 153. The van der Waals surface area contributed by atoms with E-state index in [9.17, 15) is 4.11 Å². The van der Waals surface area contributed by atoms with Gasteiger partial charge in [0.15, 0.2) is 0 Å². The first-order valence-electron chi connectivity index (χ1n) is 1.51. The third-order valence-electron chi connectivity index (χ3n) is 0. The summed E-state index contributed by atoms with van der Waals surface area (Å²) in [5, 5.41) is 0. The maximum absolute atomic E-state index is 10.4. The van der Waals surface area contributed by atoms with Gasteiger partial charge >= 0.3 is 26.5 Å². The van der Waals surface area contributed by atoms with Crippen LogP contribution in [-0.2, 0) is 10.4 Å². The molecule has 11 heteroatoms. The first kappa shape index (κ1) is 17.5. The van der Waals surface area contributed by atoms with Gasteiger partial charge in [0.25, 0.3) is 0 Å². The standard InChI is InChI=1S/Al.FH2O3Si.H2O4S/c;2*1-5(2,3)4/h;2-3H;(H2,1,2,3,4)/q+3;-1;/p-2. The molecule has 64 valence electrons. The van der Waals surface area contributed by atoms with E-state index in [4.69, 9.17) is 31.9 Å². The monoisotopic (exact) mass is 220 g/mol. The summed E-state index contributed by atoms with van der Waals surface area (Å²) < 4.78 is 44.5. The molecule has 0 fully saturated rings. The zero-order valence-electron chi connectivity index (χ0n) is 4.80. The Kier molecular flexibility index (Phi) is 9.55. The molecule has 0 bridgehead atoms. The summed E-state index contributed by atoms with van der Waals surface area (Å²) in [6, 6.07) is 0. The first-order chi connectivity index (χ1) is 4.00. The average Bonchev–Trinajstić information content (AvgIpc) is 1.12. The fourth-order valence-electron chi connectivity index (χ4n) is 0. The molecule has 0 aliphatic carbocycles. The quantitative estimate of drug-likeness (QED) is 0.183. The van der Waals surface area contributed by atoms with Crippen LogP contribution in [0.2, 0.25) is 0 Å². The number of halogens is 1. The minimum absolute atomic E-state index is 0. The number of rotatable bonds is 0. The molecule has 0 spiro atoms. The van der Waals surface area contributed by atoms with Crippen molar-refractivity contribution in [3.8, 4) is 0 Å². The maximum atomic E-state index is 10.4. The SMILES string of the molecule is O=S(=O)([O-])[O-].[Al+3].[O-][Si](O)(O)F. The van der Waals surface area contributed by atoms with Crippen molar-refractivity contribution >= 4 is 36.9 Å². The summed E-state index contributed by atoms with van der Waals surface area (Å²) in [6.07, 6.45) is 0. The topological polar surface area (TPSA) is 144 Å². The van der Waals surface area contributed by atoms with Crippen LogP contribution in [0.1, 0.15) is 0 Å². The molecule has 0 aromatic rings. The van der Waals surface area contributed by atoms with Crippen molar-refractivity contribution in [2.24, 2.45) is 0 Å². The van der Waals surface area contributed by atoms with Gasteiger partial charge in [0.1, 0.15) is 0 Å². The average molecular weight is 220 g/mol. The van der Waals surface area contributed by atoms with Crippen molar-refractivity contribution in [1.82, 2.24) is 0 Å². The van der Waals surface area contributed by atoms with Gasteiger partial charge in [-0.15, -0.1) is 0 Å². The Morgan fingerprint density at radius 1 is 1.27 bits per heavy atom. The summed E-state index contributed by atoms with van der Waals surface area (Å²) in [6.45, 7) is 0. The molecule has 0 amide bonds. The second-order valence-corrected chi connectivity index (χ2v) is 2.81. The van der Waals surface area contributed by atoms with E-state index in [-0.39, 0.29) is 17.4 Å². The Hall–Kier alpha value is 0.429. The van der Waals surface area contributed by atoms with Crippen molar-refractivity contribution in [2.45, 2.75) is 0 Å². The molecule has 0 radical (unpaired) electrons. The third-order valence-corrected chi connectivity index (χ3v) is 0. The van der Waals surface area contributed by atoms with E-state index in [1.54, 1.807) is 0 Å². The van der Waals surface area contributed by atoms with Crippen molar-refractivity contribution in [1.29, 1.82) is 0 Å². The van der Waals surface area contributed by atoms with E-state index >= 15 is 0 Å². The van der Waals surface area contributed by atoms with Gasteiger partial charge in [-0.2, -0.15) is 0 Å². The normalized spacial score (nSPS) is 10.7.